The maximum atomic E-state index is 12.4. The molecule has 0 aliphatic rings. The number of benzene rings is 1. The molecule has 1 aromatic rings. The van der Waals surface area contributed by atoms with Crippen molar-refractivity contribution in [3.63, 3.8) is 0 Å². The molecule has 7 nitrogen and oxygen atoms in total. The van der Waals surface area contributed by atoms with Crippen LogP contribution >= 0.6 is 7.37 Å². The summed E-state index contributed by atoms with van der Waals surface area (Å²) < 4.78 is 12.4. The van der Waals surface area contributed by atoms with Gasteiger partial charge in [0.25, 0.3) is 0 Å². The molecule has 0 aromatic heterocycles. The van der Waals surface area contributed by atoms with Crippen LogP contribution in [0, 0.1) is 0 Å². The molecule has 0 heterocycles. The standard InChI is InChI=1S/C14H21N2O5P/c1-3-9-22(19,20)13-8-6-5-7-12(13)16(14(15)18)21-10-11(17)4-2/h5-8H,3-4,9-10H2,1-2H3,(H2,15,18)(H,19,20). The van der Waals surface area contributed by atoms with E-state index < -0.39 is 13.4 Å². The van der Waals surface area contributed by atoms with Crippen molar-refractivity contribution in [1.82, 2.24) is 0 Å². The van der Waals surface area contributed by atoms with E-state index in [9.17, 15) is 19.0 Å². The predicted octanol–water partition coefficient (Wildman–Crippen LogP) is 1.79. The number of urea groups is 1. The zero-order chi connectivity index (χ0) is 16.8. The van der Waals surface area contributed by atoms with Gasteiger partial charge in [-0.3, -0.25) is 14.2 Å². The molecule has 0 saturated heterocycles. The topological polar surface area (TPSA) is 110 Å². The van der Waals surface area contributed by atoms with Crippen molar-refractivity contribution in [2.75, 3.05) is 17.8 Å². The number of carbonyl (C=O) groups excluding carboxylic acids is 2. The van der Waals surface area contributed by atoms with Crippen LogP contribution in [0.5, 0.6) is 0 Å². The van der Waals surface area contributed by atoms with E-state index in [1.165, 1.54) is 12.1 Å². The Labute approximate surface area is 129 Å². The summed E-state index contributed by atoms with van der Waals surface area (Å²) in [5.74, 6) is -0.218. The highest BCUT2D eigenvalue weighted by Crippen LogP contribution is 2.43. The summed E-state index contributed by atoms with van der Waals surface area (Å²) in [5, 5.41) is 0.779. The second-order valence-corrected chi connectivity index (χ2v) is 7.04. The molecule has 1 aromatic carbocycles. The van der Waals surface area contributed by atoms with Gasteiger partial charge in [-0.15, -0.1) is 0 Å². The number of rotatable bonds is 8. The van der Waals surface area contributed by atoms with Gasteiger partial charge in [-0.25, -0.2) is 4.79 Å². The highest BCUT2D eigenvalue weighted by molar-refractivity contribution is 7.66. The number of hydrogen-bond acceptors (Lipinski definition) is 4. The summed E-state index contributed by atoms with van der Waals surface area (Å²) in [5.41, 5.74) is 5.34. The normalized spacial score (nSPS) is 13.4. The Hall–Kier alpha value is -1.69. The van der Waals surface area contributed by atoms with Crippen LogP contribution in [0.3, 0.4) is 0 Å². The number of nitrogens with two attached hydrogens (primary N) is 1. The van der Waals surface area contributed by atoms with Crippen molar-refractivity contribution in [1.29, 1.82) is 0 Å². The van der Waals surface area contributed by atoms with Crippen molar-refractivity contribution < 1.29 is 23.9 Å². The smallest absolute Gasteiger partial charge is 0.343 e. The molecule has 0 aliphatic carbocycles. The lowest BCUT2D eigenvalue weighted by Gasteiger charge is -2.23. The minimum absolute atomic E-state index is 0.0739. The molecule has 0 radical (unpaired) electrons. The summed E-state index contributed by atoms with van der Waals surface area (Å²) in [4.78, 5) is 38.2. The third-order valence-electron chi connectivity index (χ3n) is 2.95. The fraction of sp³-hybridized carbons (Fsp3) is 0.429. The van der Waals surface area contributed by atoms with Crippen molar-refractivity contribution >= 4 is 30.2 Å². The van der Waals surface area contributed by atoms with Gasteiger partial charge in [-0.2, -0.15) is 5.06 Å². The van der Waals surface area contributed by atoms with E-state index in [0.29, 0.717) is 11.5 Å². The molecular weight excluding hydrogens is 307 g/mol. The number of hydrogen-bond donors (Lipinski definition) is 2. The quantitative estimate of drug-likeness (QED) is 0.558. The number of anilines is 1. The third-order valence-corrected chi connectivity index (χ3v) is 5.14. The highest BCUT2D eigenvalue weighted by atomic mass is 31.2. The largest absolute Gasteiger partial charge is 0.349 e. The lowest BCUT2D eigenvalue weighted by molar-refractivity contribution is -0.123. The number of para-hydroxylation sites is 1. The van der Waals surface area contributed by atoms with Crippen LogP contribution in [-0.4, -0.2) is 29.5 Å². The molecule has 0 fully saturated rings. The fourth-order valence-electron chi connectivity index (χ4n) is 1.85. The Bertz CT molecular complexity index is 590. The van der Waals surface area contributed by atoms with Crippen LogP contribution in [0.4, 0.5) is 10.5 Å². The summed E-state index contributed by atoms with van der Waals surface area (Å²) in [6, 6.07) is 5.12. The number of ketones is 1. The zero-order valence-corrected chi connectivity index (χ0v) is 13.6. The van der Waals surface area contributed by atoms with E-state index in [0.717, 1.165) is 0 Å². The number of Topliss-reactive ketones (excluding diaryl/α,β-unsaturated/α-hetero) is 1. The molecule has 0 saturated carbocycles. The van der Waals surface area contributed by atoms with Gasteiger partial charge in [0.05, 0.1) is 11.0 Å². The fourth-order valence-corrected chi connectivity index (χ4v) is 3.53. The number of carbonyl (C=O) groups is 2. The Morgan fingerprint density at radius 3 is 2.50 bits per heavy atom. The molecule has 22 heavy (non-hydrogen) atoms. The Balaban J connectivity index is 3.18. The Morgan fingerprint density at radius 2 is 1.95 bits per heavy atom. The van der Waals surface area contributed by atoms with E-state index in [2.05, 4.69) is 0 Å². The van der Waals surface area contributed by atoms with E-state index in [1.54, 1.807) is 26.0 Å². The van der Waals surface area contributed by atoms with Crippen LogP contribution in [0.2, 0.25) is 0 Å². The molecule has 0 bridgehead atoms. The first-order chi connectivity index (χ1) is 10.3. The van der Waals surface area contributed by atoms with Gasteiger partial charge >= 0.3 is 6.03 Å². The van der Waals surface area contributed by atoms with Crippen LogP contribution in [0.1, 0.15) is 26.7 Å². The monoisotopic (exact) mass is 328 g/mol. The average Bonchev–Trinajstić information content (AvgIpc) is 2.47. The lowest BCUT2D eigenvalue weighted by atomic mass is 10.3. The minimum atomic E-state index is -3.64. The SMILES string of the molecule is CCCP(=O)(O)c1ccccc1N(OCC(=O)CC)C(N)=O. The van der Waals surface area contributed by atoms with Gasteiger partial charge in [0, 0.05) is 12.6 Å². The summed E-state index contributed by atoms with van der Waals surface area (Å²) in [7, 11) is -3.64. The minimum Gasteiger partial charge on any atom is -0.349 e. The molecule has 8 heteroatoms. The molecular formula is C14H21N2O5P. The Kier molecular flexibility index (Phi) is 6.74. The average molecular weight is 328 g/mol. The van der Waals surface area contributed by atoms with Crippen molar-refractivity contribution in [3.05, 3.63) is 24.3 Å². The number of primary amides is 1. The maximum Gasteiger partial charge on any atom is 0.343 e. The zero-order valence-electron chi connectivity index (χ0n) is 12.7. The van der Waals surface area contributed by atoms with Crippen molar-refractivity contribution in [3.8, 4) is 0 Å². The van der Waals surface area contributed by atoms with E-state index in [-0.39, 0.29) is 36.0 Å². The molecule has 3 N–H and O–H groups in total. The molecule has 1 unspecified atom stereocenters. The van der Waals surface area contributed by atoms with Gasteiger partial charge in [0.15, 0.2) is 5.78 Å². The van der Waals surface area contributed by atoms with Crippen LogP contribution in [0.25, 0.3) is 0 Å². The molecule has 1 atom stereocenters. The number of amides is 2. The Morgan fingerprint density at radius 1 is 1.32 bits per heavy atom. The molecule has 122 valence electrons. The van der Waals surface area contributed by atoms with E-state index in [1.807, 2.05) is 0 Å². The highest BCUT2D eigenvalue weighted by Gasteiger charge is 2.28. The van der Waals surface area contributed by atoms with E-state index in [4.69, 9.17) is 10.6 Å². The van der Waals surface area contributed by atoms with Gasteiger partial charge < -0.3 is 10.6 Å². The second kappa shape index (κ2) is 8.08. The van der Waals surface area contributed by atoms with Gasteiger partial charge in [0.2, 0.25) is 7.37 Å². The lowest BCUT2D eigenvalue weighted by Crippen LogP contribution is -2.39. The molecule has 0 spiro atoms. The number of nitrogens with zero attached hydrogens (tertiary/aromatic N) is 1. The van der Waals surface area contributed by atoms with Crippen LogP contribution < -0.4 is 16.1 Å². The van der Waals surface area contributed by atoms with Crippen LogP contribution in [0.15, 0.2) is 24.3 Å². The molecule has 0 aliphatic heterocycles. The molecule has 2 amide bonds. The second-order valence-electron chi connectivity index (χ2n) is 4.71. The summed E-state index contributed by atoms with van der Waals surface area (Å²) >= 11 is 0. The van der Waals surface area contributed by atoms with Gasteiger partial charge in [-0.05, 0) is 18.6 Å². The van der Waals surface area contributed by atoms with Gasteiger partial charge in [0.1, 0.15) is 6.61 Å². The van der Waals surface area contributed by atoms with Crippen molar-refractivity contribution in [2.45, 2.75) is 26.7 Å². The van der Waals surface area contributed by atoms with Crippen LogP contribution in [-0.2, 0) is 14.2 Å². The van der Waals surface area contributed by atoms with Gasteiger partial charge in [-0.1, -0.05) is 26.0 Å². The third kappa shape index (κ3) is 4.66. The first-order valence-corrected chi connectivity index (χ1v) is 8.83. The molecule has 1 rings (SSSR count). The summed E-state index contributed by atoms with van der Waals surface area (Å²) in [6.45, 7) is 3.11. The first kappa shape index (κ1) is 18.4. The van der Waals surface area contributed by atoms with E-state index >= 15 is 0 Å². The van der Waals surface area contributed by atoms with Crippen molar-refractivity contribution in [2.24, 2.45) is 5.73 Å². The predicted molar refractivity (Wildman–Crippen MR) is 84.4 cm³/mol. The maximum absolute atomic E-state index is 12.4. The number of hydroxylamine groups is 1. The first-order valence-electron chi connectivity index (χ1n) is 6.99. The summed E-state index contributed by atoms with van der Waals surface area (Å²) in [6.07, 6.45) is 0.834.